The van der Waals surface area contributed by atoms with Crippen LogP contribution < -0.4 is 10.9 Å². The van der Waals surface area contributed by atoms with E-state index in [4.69, 9.17) is 11.6 Å². The first-order valence-electron chi connectivity index (χ1n) is 8.34. The summed E-state index contributed by atoms with van der Waals surface area (Å²) in [7, 11) is 1.70. The smallest absolute Gasteiger partial charge is 0.259 e. The van der Waals surface area contributed by atoms with E-state index in [1.54, 1.807) is 37.8 Å². The van der Waals surface area contributed by atoms with Gasteiger partial charge in [0.15, 0.2) is 0 Å². The standard InChI is InChI=1S/C20H16ClN5O/c1-12-4-3-5-16(21)17(12)15-10-13-11-23-20(24-14-6-8-22-9-7-14)25-18(13)26(2)19(15)27/h3-11H,1-2H3,(H,22,23,24,25). The lowest BCUT2D eigenvalue weighted by Crippen LogP contribution is -2.20. The van der Waals surface area contributed by atoms with E-state index >= 15 is 0 Å². The fourth-order valence-corrected chi connectivity index (χ4v) is 3.35. The second-order valence-electron chi connectivity index (χ2n) is 6.19. The number of hydrogen-bond donors (Lipinski definition) is 1. The Labute approximate surface area is 160 Å². The number of benzene rings is 1. The van der Waals surface area contributed by atoms with Gasteiger partial charge in [-0.1, -0.05) is 23.7 Å². The average molecular weight is 378 g/mol. The molecule has 0 aliphatic carbocycles. The molecule has 3 heterocycles. The molecular formula is C20H16ClN5O. The molecule has 1 N–H and O–H groups in total. The van der Waals surface area contributed by atoms with Gasteiger partial charge in [-0.3, -0.25) is 14.3 Å². The zero-order chi connectivity index (χ0) is 19.0. The van der Waals surface area contributed by atoms with Gasteiger partial charge in [0.25, 0.3) is 5.56 Å². The molecule has 0 spiro atoms. The van der Waals surface area contributed by atoms with Gasteiger partial charge in [0.1, 0.15) is 5.65 Å². The van der Waals surface area contributed by atoms with Gasteiger partial charge in [0, 0.05) is 52.9 Å². The molecule has 0 saturated carbocycles. The van der Waals surface area contributed by atoms with E-state index in [0.717, 1.165) is 22.2 Å². The van der Waals surface area contributed by atoms with E-state index in [1.807, 2.05) is 31.2 Å². The molecule has 0 bridgehead atoms. The Morgan fingerprint density at radius 1 is 1.15 bits per heavy atom. The Bertz CT molecular complexity index is 1180. The summed E-state index contributed by atoms with van der Waals surface area (Å²) in [5.41, 5.74) is 3.41. The minimum atomic E-state index is -0.160. The van der Waals surface area contributed by atoms with Crippen molar-refractivity contribution in [3.05, 3.63) is 75.9 Å². The Balaban J connectivity index is 1.86. The molecule has 0 radical (unpaired) electrons. The molecule has 0 amide bonds. The molecule has 0 saturated heterocycles. The van der Waals surface area contributed by atoms with Crippen LogP contribution >= 0.6 is 11.6 Å². The van der Waals surface area contributed by atoms with Gasteiger partial charge in [0.05, 0.1) is 0 Å². The molecule has 0 aliphatic heterocycles. The van der Waals surface area contributed by atoms with E-state index in [9.17, 15) is 4.79 Å². The van der Waals surface area contributed by atoms with E-state index in [1.165, 1.54) is 4.57 Å². The summed E-state index contributed by atoms with van der Waals surface area (Å²) in [6.45, 7) is 1.93. The van der Waals surface area contributed by atoms with Crippen molar-refractivity contribution >= 4 is 34.3 Å². The predicted molar refractivity (Wildman–Crippen MR) is 107 cm³/mol. The number of aryl methyl sites for hydroxylation is 2. The van der Waals surface area contributed by atoms with Crippen LogP contribution in [0.4, 0.5) is 11.6 Å². The number of aromatic nitrogens is 4. The lowest BCUT2D eigenvalue weighted by atomic mass is 10.0. The van der Waals surface area contributed by atoms with Crippen molar-refractivity contribution in [2.75, 3.05) is 5.32 Å². The van der Waals surface area contributed by atoms with Gasteiger partial charge in [0.2, 0.25) is 5.95 Å². The first kappa shape index (κ1) is 17.2. The van der Waals surface area contributed by atoms with Crippen LogP contribution in [-0.2, 0) is 7.05 Å². The number of nitrogens with one attached hydrogen (secondary N) is 1. The van der Waals surface area contributed by atoms with Gasteiger partial charge < -0.3 is 5.32 Å². The van der Waals surface area contributed by atoms with Crippen LogP contribution in [-0.4, -0.2) is 19.5 Å². The van der Waals surface area contributed by atoms with Crippen molar-refractivity contribution in [1.29, 1.82) is 0 Å². The molecule has 0 aliphatic rings. The zero-order valence-electron chi connectivity index (χ0n) is 14.8. The van der Waals surface area contributed by atoms with Crippen molar-refractivity contribution in [3.63, 3.8) is 0 Å². The second kappa shape index (κ2) is 6.81. The summed E-state index contributed by atoms with van der Waals surface area (Å²) in [5, 5.41) is 4.41. The van der Waals surface area contributed by atoms with Crippen LogP contribution in [0.3, 0.4) is 0 Å². The summed E-state index contributed by atoms with van der Waals surface area (Å²) >= 11 is 6.36. The lowest BCUT2D eigenvalue weighted by Gasteiger charge is -2.12. The topological polar surface area (TPSA) is 72.7 Å². The van der Waals surface area contributed by atoms with Crippen molar-refractivity contribution < 1.29 is 0 Å². The lowest BCUT2D eigenvalue weighted by molar-refractivity contribution is 0.887. The van der Waals surface area contributed by atoms with Gasteiger partial charge >= 0.3 is 0 Å². The molecule has 0 atom stereocenters. The first-order valence-corrected chi connectivity index (χ1v) is 8.71. The molecule has 6 nitrogen and oxygen atoms in total. The monoisotopic (exact) mass is 377 g/mol. The van der Waals surface area contributed by atoms with Crippen LogP contribution in [0.15, 0.2) is 59.8 Å². The summed E-state index contributed by atoms with van der Waals surface area (Å²) in [6, 6.07) is 11.0. The van der Waals surface area contributed by atoms with E-state index in [2.05, 4.69) is 20.3 Å². The molecule has 134 valence electrons. The highest BCUT2D eigenvalue weighted by molar-refractivity contribution is 6.33. The molecule has 27 heavy (non-hydrogen) atoms. The minimum Gasteiger partial charge on any atom is -0.324 e. The Morgan fingerprint density at radius 2 is 1.93 bits per heavy atom. The zero-order valence-corrected chi connectivity index (χ0v) is 15.5. The van der Waals surface area contributed by atoms with Gasteiger partial charge in [-0.15, -0.1) is 0 Å². The summed E-state index contributed by atoms with van der Waals surface area (Å²) in [6.07, 6.45) is 5.05. The molecular weight excluding hydrogens is 362 g/mol. The third-order valence-electron chi connectivity index (χ3n) is 4.38. The van der Waals surface area contributed by atoms with E-state index < -0.39 is 0 Å². The van der Waals surface area contributed by atoms with Crippen LogP contribution in [0.5, 0.6) is 0 Å². The molecule has 0 unspecified atom stereocenters. The van der Waals surface area contributed by atoms with Crippen molar-refractivity contribution in [2.45, 2.75) is 6.92 Å². The van der Waals surface area contributed by atoms with E-state index in [0.29, 0.717) is 22.2 Å². The number of halogens is 1. The highest BCUT2D eigenvalue weighted by atomic mass is 35.5. The number of hydrogen-bond acceptors (Lipinski definition) is 5. The third kappa shape index (κ3) is 3.15. The number of nitrogens with zero attached hydrogens (tertiary/aromatic N) is 4. The fourth-order valence-electron chi connectivity index (χ4n) is 3.02. The average Bonchev–Trinajstić information content (AvgIpc) is 2.67. The maximum absolute atomic E-state index is 13.0. The Morgan fingerprint density at radius 3 is 2.67 bits per heavy atom. The SMILES string of the molecule is Cc1cccc(Cl)c1-c1cc2cnc(Nc3ccncc3)nc2n(C)c1=O. The third-order valence-corrected chi connectivity index (χ3v) is 4.69. The van der Waals surface area contributed by atoms with Gasteiger partial charge in [-0.05, 0) is 36.8 Å². The summed E-state index contributed by atoms with van der Waals surface area (Å²) < 4.78 is 1.52. The van der Waals surface area contributed by atoms with Crippen molar-refractivity contribution in [3.8, 4) is 11.1 Å². The van der Waals surface area contributed by atoms with Gasteiger partial charge in [-0.2, -0.15) is 4.98 Å². The summed E-state index contributed by atoms with van der Waals surface area (Å²) in [4.78, 5) is 25.8. The number of fused-ring (bicyclic) bond motifs is 1. The first-order chi connectivity index (χ1) is 13.0. The van der Waals surface area contributed by atoms with E-state index in [-0.39, 0.29) is 5.56 Å². The van der Waals surface area contributed by atoms with Gasteiger partial charge in [-0.25, -0.2) is 4.98 Å². The molecule has 4 rings (SSSR count). The fraction of sp³-hybridized carbons (Fsp3) is 0.100. The normalized spacial score (nSPS) is 10.9. The molecule has 0 fully saturated rings. The van der Waals surface area contributed by atoms with Crippen LogP contribution in [0.2, 0.25) is 5.02 Å². The maximum atomic E-state index is 13.0. The van der Waals surface area contributed by atoms with Crippen LogP contribution in [0, 0.1) is 6.92 Å². The highest BCUT2D eigenvalue weighted by Gasteiger charge is 2.15. The second-order valence-corrected chi connectivity index (χ2v) is 6.59. The largest absolute Gasteiger partial charge is 0.324 e. The Kier molecular flexibility index (Phi) is 4.33. The minimum absolute atomic E-state index is 0.160. The maximum Gasteiger partial charge on any atom is 0.259 e. The molecule has 3 aromatic heterocycles. The number of pyridine rings is 2. The quantitative estimate of drug-likeness (QED) is 0.582. The van der Waals surface area contributed by atoms with Crippen LogP contribution in [0.1, 0.15) is 5.56 Å². The molecule has 7 heteroatoms. The van der Waals surface area contributed by atoms with Crippen LogP contribution in [0.25, 0.3) is 22.2 Å². The number of anilines is 2. The number of rotatable bonds is 3. The predicted octanol–water partition coefficient (Wildman–Crippen LogP) is 4.10. The van der Waals surface area contributed by atoms with Crippen molar-refractivity contribution in [1.82, 2.24) is 19.5 Å². The Hall–Kier alpha value is -3.25. The molecule has 4 aromatic rings. The summed E-state index contributed by atoms with van der Waals surface area (Å²) in [5.74, 6) is 0.408. The molecule has 1 aromatic carbocycles. The van der Waals surface area contributed by atoms with Crippen molar-refractivity contribution in [2.24, 2.45) is 7.05 Å². The highest BCUT2D eigenvalue weighted by Crippen LogP contribution is 2.30.